The van der Waals surface area contributed by atoms with Gasteiger partial charge in [-0.3, -0.25) is 14.9 Å². The zero-order chi connectivity index (χ0) is 22.2. The molecule has 2 aromatic rings. The molecule has 1 atom stereocenters. The van der Waals surface area contributed by atoms with E-state index in [2.05, 4.69) is 10.5 Å². The van der Waals surface area contributed by atoms with Crippen LogP contribution in [0.4, 0.5) is 5.69 Å². The van der Waals surface area contributed by atoms with E-state index >= 15 is 0 Å². The van der Waals surface area contributed by atoms with Crippen molar-refractivity contribution in [3.63, 3.8) is 0 Å². The third-order valence-electron chi connectivity index (χ3n) is 4.64. The first-order valence-electron chi connectivity index (χ1n) is 10.0. The highest BCUT2D eigenvalue weighted by Gasteiger charge is 2.22. The first kappa shape index (κ1) is 22.3. The van der Waals surface area contributed by atoms with Crippen molar-refractivity contribution in [2.45, 2.75) is 32.8 Å². The van der Waals surface area contributed by atoms with Crippen LogP contribution in [-0.2, 0) is 9.53 Å². The van der Waals surface area contributed by atoms with Gasteiger partial charge in [0.2, 0.25) is 5.76 Å². The summed E-state index contributed by atoms with van der Waals surface area (Å²) in [6.45, 7) is 4.81. The van der Waals surface area contributed by atoms with Gasteiger partial charge in [-0.25, -0.2) is 0 Å². The van der Waals surface area contributed by atoms with Crippen molar-refractivity contribution in [1.82, 2.24) is 10.5 Å². The monoisotopic (exact) mass is 431 g/mol. The maximum absolute atomic E-state index is 12.0. The Morgan fingerprint density at radius 3 is 2.90 bits per heavy atom. The van der Waals surface area contributed by atoms with E-state index in [0.29, 0.717) is 30.2 Å². The van der Waals surface area contributed by atoms with Gasteiger partial charge in [0.25, 0.3) is 5.91 Å². The summed E-state index contributed by atoms with van der Waals surface area (Å²) in [7, 11) is 0. The van der Waals surface area contributed by atoms with Crippen LogP contribution < -0.4 is 14.8 Å². The maximum Gasteiger partial charge on any atom is 0.338 e. The molecule has 1 aromatic carbocycles. The van der Waals surface area contributed by atoms with Crippen LogP contribution in [0.5, 0.6) is 11.5 Å². The van der Waals surface area contributed by atoms with Gasteiger partial charge >= 0.3 is 5.69 Å². The second-order valence-corrected chi connectivity index (χ2v) is 6.94. The van der Waals surface area contributed by atoms with Crippen molar-refractivity contribution >= 4 is 23.7 Å². The van der Waals surface area contributed by atoms with Crippen LogP contribution in [0.1, 0.15) is 36.8 Å². The van der Waals surface area contributed by atoms with Gasteiger partial charge in [0, 0.05) is 13.2 Å². The molecule has 0 bridgehead atoms. The minimum Gasteiger partial charge on any atom is -0.490 e. The topological polar surface area (TPSA) is 126 Å². The SMILES string of the molecule is CCOc1cc(/C=C/c2onc(C)c2[N+](=O)[O-])ccc1OCC(=O)NCC1CCCO1. The highest BCUT2D eigenvalue weighted by molar-refractivity contribution is 5.77. The third kappa shape index (κ3) is 6.05. The zero-order valence-electron chi connectivity index (χ0n) is 17.5. The van der Waals surface area contributed by atoms with E-state index in [1.165, 1.54) is 13.0 Å². The molecule has 10 nitrogen and oxygen atoms in total. The van der Waals surface area contributed by atoms with Crippen LogP contribution >= 0.6 is 0 Å². The van der Waals surface area contributed by atoms with E-state index < -0.39 is 4.92 Å². The van der Waals surface area contributed by atoms with Gasteiger partial charge in [-0.2, -0.15) is 0 Å². The molecule has 0 aliphatic carbocycles. The number of nitrogens with one attached hydrogen (secondary N) is 1. The van der Waals surface area contributed by atoms with Gasteiger partial charge in [-0.05, 0) is 50.5 Å². The van der Waals surface area contributed by atoms with Gasteiger partial charge in [0.1, 0.15) is 0 Å². The zero-order valence-corrected chi connectivity index (χ0v) is 17.5. The minimum atomic E-state index is -0.530. The molecule has 0 saturated carbocycles. The summed E-state index contributed by atoms with van der Waals surface area (Å²) in [4.78, 5) is 22.7. The predicted octanol–water partition coefficient (Wildman–Crippen LogP) is 3.13. The van der Waals surface area contributed by atoms with E-state index in [0.717, 1.165) is 19.4 Å². The van der Waals surface area contributed by atoms with E-state index in [9.17, 15) is 14.9 Å². The Kier molecular flexibility index (Phi) is 7.60. The molecule has 31 heavy (non-hydrogen) atoms. The molecule has 1 saturated heterocycles. The van der Waals surface area contributed by atoms with E-state index in [-0.39, 0.29) is 35.8 Å². The lowest BCUT2D eigenvalue weighted by atomic mass is 10.1. The van der Waals surface area contributed by atoms with Crippen LogP contribution in [0, 0.1) is 17.0 Å². The van der Waals surface area contributed by atoms with Crippen molar-refractivity contribution in [2.75, 3.05) is 26.4 Å². The second-order valence-electron chi connectivity index (χ2n) is 6.94. The lowest BCUT2D eigenvalue weighted by Gasteiger charge is -2.14. The fourth-order valence-electron chi connectivity index (χ4n) is 3.13. The summed E-state index contributed by atoms with van der Waals surface area (Å²) >= 11 is 0. The van der Waals surface area contributed by atoms with Gasteiger partial charge in [-0.15, -0.1) is 0 Å². The molecule has 2 heterocycles. The van der Waals surface area contributed by atoms with Crippen LogP contribution in [0.25, 0.3) is 12.2 Å². The summed E-state index contributed by atoms with van der Waals surface area (Å²) in [5, 5.41) is 17.6. The van der Waals surface area contributed by atoms with Gasteiger partial charge in [0.05, 0.1) is 17.6 Å². The van der Waals surface area contributed by atoms with Crippen LogP contribution in [0.2, 0.25) is 0 Å². The first-order chi connectivity index (χ1) is 15.0. The Bertz CT molecular complexity index is 948. The fraction of sp³-hybridized carbons (Fsp3) is 0.429. The number of nitrogens with zero attached hydrogens (tertiary/aromatic N) is 2. The Balaban J connectivity index is 1.63. The van der Waals surface area contributed by atoms with Gasteiger partial charge in [0.15, 0.2) is 23.8 Å². The molecule has 1 aliphatic rings. The summed E-state index contributed by atoms with van der Waals surface area (Å²) in [5.41, 5.74) is 0.749. The Morgan fingerprint density at radius 1 is 1.35 bits per heavy atom. The van der Waals surface area contributed by atoms with E-state index in [1.54, 1.807) is 24.3 Å². The van der Waals surface area contributed by atoms with Crippen molar-refractivity contribution in [1.29, 1.82) is 0 Å². The van der Waals surface area contributed by atoms with Gasteiger partial charge < -0.3 is 24.1 Å². The average Bonchev–Trinajstić information content (AvgIpc) is 3.39. The van der Waals surface area contributed by atoms with Crippen molar-refractivity contribution < 1.29 is 28.5 Å². The lowest BCUT2D eigenvalue weighted by Crippen LogP contribution is -2.35. The van der Waals surface area contributed by atoms with Gasteiger partial charge in [-0.1, -0.05) is 17.3 Å². The highest BCUT2D eigenvalue weighted by atomic mass is 16.6. The van der Waals surface area contributed by atoms with Crippen LogP contribution in [-0.4, -0.2) is 48.5 Å². The molecule has 1 fully saturated rings. The van der Waals surface area contributed by atoms with Crippen LogP contribution in [0.15, 0.2) is 22.7 Å². The Morgan fingerprint density at radius 2 is 2.19 bits per heavy atom. The number of aryl methyl sites for hydroxylation is 1. The molecule has 1 unspecified atom stereocenters. The first-order valence-corrected chi connectivity index (χ1v) is 10.0. The molecule has 3 rings (SSSR count). The molecule has 1 amide bonds. The molecule has 1 N–H and O–H groups in total. The smallest absolute Gasteiger partial charge is 0.338 e. The maximum atomic E-state index is 12.0. The molecule has 166 valence electrons. The molecule has 10 heteroatoms. The summed E-state index contributed by atoms with van der Waals surface area (Å²) in [6.07, 6.45) is 5.15. The number of hydrogen-bond donors (Lipinski definition) is 1. The minimum absolute atomic E-state index is 0.0590. The third-order valence-corrected chi connectivity index (χ3v) is 4.64. The molecule has 0 spiro atoms. The van der Waals surface area contributed by atoms with Crippen molar-refractivity contribution in [3.8, 4) is 11.5 Å². The summed E-state index contributed by atoms with van der Waals surface area (Å²) in [6, 6.07) is 5.14. The number of carbonyl (C=O) groups excluding carboxylic acids is 1. The molecular weight excluding hydrogens is 406 g/mol. The molecule has 0 radical (unpaired) electrons. The summed E-state index contributed by atoms with van der Waals surface area (Å²) in [5.74, 6) is 0.700. The normalized spacial score (nSPS) is 15.9. The average molecular weight is 431 g/mol. The fourth-order valence-corrected chi connectivity index (χ4v) is 3.13. The molecule has 1 aliphatic heterocycles. The molecular formula is C21H25N3O7. The Labute approximate surface area is 179 Å². The van der Waals surface area contributed by atoms with Crippen molar-refractivity contribution in [3.05, 3.63) is 45.3 Å². The number of nitro groups is 1. The number of ether oxygens (including phenoxy) is 3. The highest BCUT2D eigenvalue weighted by Crippen LogP contribution is 2.30. The number of aromatic nitrogens is 1. The quantitative estimate of drug-likeness (QED) is 0.449. The number of benzene rings is 1. The predicted molar refractivity (Wildman–Crippen MR) is 112 cm³/mol. The van der Waals surface area contributed by atoms with Crippen LogP contribution in [0.3, 0.4) is 0 Å². The number of hydrogen-bond acceptors (Lipinski definition) is 8. The number of rotatable bonds is 10. The van der Waals surface area contributed by atoms with E-state index in [4.69, 9.17) is 18.7 Å². The second kappa shape index (κ2) is 10.6. The molecule has 1 aromatic heterocycles. The largest absolute Gasteiger partial charge is 0.490 e. The van der Waals surface area contributed by atoms with Crippen molar-refractivity contribution in [2.24, 2.45) is 0 Å². The Hall–Kier alpha value is -3.40. The summed E-state index contributed by atoms with van der Waals surface area (Å²) < 4.78 is 21.7. The number of carbonyl (C=O) groups is 1. The number of amides is 1. The lowest BCUT2D eigenvalue weighted by molar-refractivity contribution is -0.386. The van der Waals surface area contributed by atoms with E-state index in [1.807, 2.05) is 6.92 Å². The standard InChI is InChI=1S/C21H25N3O7/c1-3-28-19-11-15(7-9-18-21(24(26)27)14(2)23-31-18)6-8-17(19)30-13-20(25)22-12-16-5-4-10-29-16/h6-9,11,16H,3-5,10,12-13H2,1-2H3,(H,22,25)/b9-7+.